The summed E-state index contributed by atoms with van der Waals surface area (Å²) < 4.78 is 41.2. The van der Waals surface area contributed by atoms with Gasteiger partial charge in [-0.15, -0.1) is 11.6 Å². The molecule has 2 aromatic heterocycles. The highest BCUT2D eigenvalue weighted by Gasteiger charge is 2.31. The fraction of sp³-hybridized carbons (Fsp3) is 0.389. The molecule has 0 bridgehead atoms. The number of aromatic nitrogens is 3. The summed E-state index contributed by atoms with van der Waals surface area (Å²) in [6.07, 6.45) is 2.30. The second-order valence-electron chi connectivity index (χ2n) is 11.6. The molecule has 0 radical (unpaired) electrons. The van der Waals surface area contributed by atoms with E-state index in [9.17, 15) is 13.2 Å². The predicted octanol–water partition coefficient (Wildman–Crippen LogP) is 7.42. The van der Waals surface area contributed by atoms with Gasteiger partial charge in [0.15, 0.2) is 0 Å². The molecular weight excluding hydrogens is 636 g/mol. The third-order valence-corrected chi connectivity index (χ3v) is 11.0. The number of aryl methyl sites for hydroxylation is 2. The summed E-state index contributed by atoms with van der Waals surface area (Å²) in [6.45, 7) is 6.41. The first-order valence-electron chi connectivity index (χ1n) is 16.1. The van der Waals surface area contributed by atoms with Gasteiger partial charge in [0.1, 0.15) is 11.4 Å². The van der Waals surface area contributed by atoms with E-state index in [4.69, 9.17) is 26.2 Å². The number of nitrogens with one attached hydrogen (secondary N) is 1. The van der Waals surface area contributed by atoms with Crippen LogP contribution in [0.4, 0.5) is 0 Å². The van der Waals surface area contributed by atoms with Crippen molar-refractivity contribution >= 4 is 49.3 Å². The lowest BCUT2D eigenvalue weighted by molar-refractivity contribution is 0.0519. The molecule has 11 heteroatoms. The van der Waals surface area contributed by atoms with Crippen molar-refractivity contribution in [1.29, 1.82) is 0 Å². The number of H-pyrrole nitrogens is 1. The number of esters is 1. The molecule has 1 N–H and O–H groups in total. The Morgan fingerprint density at radius 2 is 1.77 bits per heavy atom. The number of benzene rings is 3. The lowest BCUT2D eigenvalue weighted by atomic mass is 9.95. The van der Waals surface area contributed by atoms with Crippen molar-refractivity contribution in [3.63, 3.8) is 0 Å². The Hall–Kier alpha value is -3.86. The zero-order valence-electron chi connectivity index (χ0n) is 27.7. The maximum Gasteiger partial charge on any atom is 0.355 e. The Morgan fingerprint density at radius 3 is 2.51 bits per heavy atom. The number of alkyl halides is 1. The Bertz CT molecular complexity index is 1980. The zero-order chi connectivity index (χ0) is 33.7. The van der Waals surface area contributed by atoms with Crippen LogP contribution in [0.2, 0.25) is 0 Å². The number of rotatable bonds is 15. The van der Waals surface area contributed by atoms with Gasteiger partial charge in [-0.05, 0) is 56.5 Å². The molecule has 0 aliphatic rings. The number of ether oxygens (including phenoxy) is 2. The highest BCUT2D eigenvalue weighted by Crippen LogP contribution is 2.39. The molecule has 0 amide bonds. The minimum Gasteiger partial charge on any atom is -0.493 e. The molecule has 2 heterocycles. The molecule has 0 saturated heterocycles. The molecule has 0 unspecified atom stereocenters. The van der Waals surface area contributed by atoms with Gasteiger partial charge in [-0.2, -0.15) is 9.40 Å². The van der Waals surface area contributed by atoms with Gasteiger partial charge in [-0.3, -0.25) is 4.68 Å². The average molecular weight is 679 g/mol. The van der Waals surface area contributed by atoms with Crippen molar-refractivity contribution in [1.82, 2.24) is 19.1 Å². The van der Waals surface area contributed by atoms with Crippen molar-refractivity contribution in [2.75, 3.05) is 31.9 Å². The van der Waals surface area contributed by atoms with Gasteiger partial charge in [0, 0.05) is 47.6 Å². The van der Waals surface area contributed by atoms with Crippen LogP contribution < -0.4 is 4.74 Å². The minimum atomic E-state index is -3.57. The molecule has 0 saturated carbocycles. The SMILES string of the molecule is CCOC(=O)c1[nH]c2c(-c3c([C@@H](C)N(C)S(=O)(=O)CCCCl)nn(C)c3CC)cccc2c1CCCOc1cccc2ccccc12. The molecule has 0 fully saturated rings. The molecule has 5 aromatic rings. The first-order chi connectivity index (χ1) is 22.6. The molecule has 47 heavy (non-hydrogen) atoms. The normalized spacial score (nSPS) is 12.7. The number of nitrogens with zero attached hydrogens (tertiary/aromatic N) is 3. The minimum absolute atomic E-state index is 0.0389. The van der Waals surface area contributed by atoms with Crippen LogP contribution in [0.1, 0.15) is 67.1 Å². The summed E-state index contributed by atoms with van der Waals surface area (Å²) in [4.78, 5) is 16.7. The Morgan fingerprint density at radius 1 is 1.04 bits per heavy atom. The summed E-state index contributed by atoms with van der Waals surface area (Å²) in [6, 6.07) is 19.6. The molecule has 5 rings (SSSR count). The number of sulfonamides is 1. The lowest BCUT2D eigenvalue weighted by Crippen LogP contribution is -2.32. The molecule has 250 valence electrons. The van der Waals surface area contributed by atoms with E-state index in [1.807, 2.05) is 61.1 Å². The molecule has 9 nitrogen and oxygen atoms in total. The molecule has 0 aliphatic heterocycles. The average Bonchev–Trinajstić information content (AvgIpc) is 3.62. The van der Waals surface area contributed by atoms with Crippen LogP contribution in [-0.2, 0) is 34.6 Å². The van der Waals surface area contributed by atoms with Gasteiger partial charge >= 0.3 is 5.97 Å². The van der Waals surface area contributed by atoms with Crippen molar-refractivity contribution in [3.8, 4) is 16.9 Å². The molecule has 1 atom stereocenters. The maximum absolute atomic E-state index is 13.3. The van der Waals surface area contributed by atoms with Gasteiger partial charge in [-0.1, -0.05) is 61.5 Å². The van der Waals surface area contributed by atoms with E-state index in [1.54, 1.807) is 14.0 Å². The first-order valence-corrected chi connectivity index (χ1v) is 18.3. The Labute approximate surface area is 281 Å². The van der Waals surface area contributed by atoms with Crippen LogP contribution in [0.5, 0.6) is 5.75 Å². The van der Waals surface area contributed by atoms with Crippen LogP contribution in [0.3, 0.4) is 0 Å². The fourth-order valence-corrected chi connectivity index (χ4v) is 7.91. The van der Waals surface area contributed by atoms with Crippen LogP contribution in [0.15, 0.2) is 60.7 Å². The second kappa shape index (κ2) is 14.9. The van der Waals surface area contributed by atoms with E-state index in [0.717, 1.165) is 49.8 Å². The van der Waals surface area contributed by atoms with E-state index in [-0.39, 0.29) is 18.2 Å². The van der Waals surface area contributed by atoms with Gasteiger partial charge < -0.3 is 14.5 Å². The van der Waals surface area contributed by atoms with Crippen LogP contribution in [0.25, 0.3) is 32.8 Å². The topological polar surface area (TPSA) is 107 Å². The van der Waals surface area contributed by atoms with Crippen LogP contribution >= 0.6 is 11.6 Å². The number of carbonyl (C=O) groups excluding carboxylic acids is 1. The Balaban J connectivity index is 1.53. The van der Waals surface area contributed by atoms with E-state index in [0.29, 0.717) is 43.7 Å². The van der Waals surface area contributed by atoms with Gasteiger partial charge in [-0.25, -0.2) is 13.2 Å². The molecular formula is C36H43ClN4O5S. The van der Waals surface area contributed by atoms with Crippen molar-refractivity contribution in [3.05, 3.63) is 83.3 Å². The fourth-order valence-electron chi connectivity index (χ4n) is 6.24. The highest BCUT2D eigenvalue weighted by molar-refractivity contribution is 7.89. The number of halogens is 1. The van der Waals surface area contributed by atoms with Crippen molar-refractivity contribution in [2.24, 2.45) is 7.05 Å². The first kappa shape index (κ1) is 34.5. The number of fused-ring (bicyclic) bond motifs is 2. The number of hydrogen-bond donors (Lipinski definition) is 1. The third-order valence-electron chi connectivity index (χ3n) is 8.71. The summed E-state index contributed by atoms with van der Waals surface area (Å²) in [7, 11) is -0.104. The lowest BCUT2D eigenvalue weighted by Gasteiger charge is -2.24. The van der Waals surface area contributed by atoms with Crippen LogP contribution in [-0.4, -0.2) is 65.4 Å². The van der Waals surface area contributed by atoms with Gasteiger partial charge in [0.25, 0.3) is 0 Å². The molecule has 0 spiro atoms. The number of carbonyl (C=O) groups is 1. The highest BCUT2D eigenvalue weighted by atomic mass is 35.5. The van der Waals surface area contributed by atoms with E-state index >= 15 is 0 Å². The zero-order valence-corrected chi connectivity index (χ0v) is 29.2. The van der Waals surface area contributed by atoms with E-state index in [1.165, 1.54) is 4.31 Å². The van der Waals surface area contributed by atoms with E-state index in [2.05, 4.69) is 30.1 Å². The van der Waals surface area contributed by atoms with Gasteiger partial charge in [0.2, 0.25) is 10.0 Å². The largest absolute Gasteiger partial charge is 0.493 e. The predicted molar refractivity (Wildman–Crippen MR) is 189 cm³/mol. The maximum atomic E-state index is 13.3. The molecule has 0 aliphatic carbocycles. The number of aromatic amines is 1. The smallest absolute Gasteiger partial charge is 0.355 e. The van der Waals surface area contributed by atoms with Gasteiger partial charge in [0.05, 0.1) is 36.2 Å². The van der Waals surface area contributed by atoms with Crippen LogP contribution in [0, 0.1) is 0 Å². The number of para-hydroxylation sites is 1. The molecule has 3 aromatic carbocycles. The summed E-state index contributed by atoms with van der Waals surface area (Å²) in [5, 5.41) is 7.93. The quantitative estimate of drug-likeness (QED) is 0.0702. The van der Waals surface area contributed by atoms with E-state index < -0.39 is 22.0 Å². The Kier molecular flexibility index (Phi) is 10.9. The second-order valence-corrected chi connectivity index (χ2v) is 14.1. The summed E-state index contributed by atoms with van der Waals surface area (Å²) in [5.74, 6) is 0.643. The number of hydrogen-bond acceptors (Lipinski definition) is 6. The summed E-state index contributed by atoms with van der Waals surface area (Å²) in [5.41, 5.74) is 5.37. The standard InChI is InChI=1S/C36H43ClN4O5S/c1-6-30-32(33(39-40(30)4)24(3)41(5)47(43,44)23-13-21-37)29-18-11-17-27-28(35(38-34(27)29)36(42)45-7-2)19-12-22-46-31-20-10-15-25-14-8-9-16-26(25)31/h8-11,14-18,20,24,38H,6-7,12-13,19,21-23H2,1-5H3/t24-/m1/s1. The van der Waals surface area contributed by atoms with Crippen molar-refractivity contribution in [2.45, 2.75) is 52.5 Å². The summed E-state index contributed by atoms with van der Waals surface area (Å²) >= 11 is 5.82. The van der Waals surface area contributed by atoms with Crippen molar-refractivity contribution < 1.29 is 22.7 Å². The third kappa shape index (κ3) is 7.05. The monoisotopic (exact) mass is 678 g/mol.